The summed E-state index contributed by atoms with van der Waals surface area (Å²) in [5.74, 6) is 0. The fraction of sp³-hybridized carbons (Fsp3) is 0.625. The van der Waals surface area contributed by atoms with Crippen LogP contribution in [0.25, 0.3) is 0 Å². The molecule has 0 aromatic heterocycles. The summed E-state index contributed by atoms with van der Waals surface area (Å²) in [5, 5.41) is 0. The van der Waals surface area contributed by atoms with E-state index in [-0.39, 0.29) is 0 Å². The van der Waals surface area contributed by atoms with Crippen LogP contribution in [0.4, 0.5) is 0 Å². The molecule has 0 N–H and O–H groups in total. The Hall–Kier alpha value is 0.174. The number of hydrogen-bond donors (Lipinski definition) is 0. The molecule has 0 saturated carbocycles. The van der Waals surface area contributed by atoms with Gasteiger partial charge in [-0.05, 0) is 0 Å². The summed E-state index contributed by atoms with van der Waals surface area (Å²) >= 11 is 0. The van der Waals surface area contributed by atoms with E-state index in [4.69, 9.17) is 6.58 Å². The molecule has 0 aliphatic heterocycles. The van der Waals surface area contributed by atoms with Gasteiger partial charge in [0.1, 0.15) is 0 Å². The minimum Gasteiger partial charge on any atom is -0.525 e. The zero-order chi connectivity index (χ0) is 8.58. The second-order valence-electron chi connectivity index (χ2n) is 4.55. The second-order valence-corrected chi connectivity index (χ2v) is 14.4. The van der Waals surface area contributed by atoms with Crippen LogP contribution in [0.3, 0.4) is 0 Å². The predicted octanol–water partition coefficient (Wildman–Crippen LogP) is 2.84. The minimum atomic E-state index is -1.39. The van der Waals surface area contributed by atoms with E-state index in [0.29, 0.717) is 0 Å². The van der Waals surface area contributed by atoms with E-state index in [1.807, 2.05) is 0 Å². The molecule has 0 rings (SSSR count). The number of rotatable bonds is 2. The maximum atomic E-state index is 6.01. The summed E-state index contributed by atoms with van der Waals surface area (Å²) in [6.45, 7) is 21.4. The summed E-state index contributed by atoms with van der Waals surface area (Å²) in [4.78, 5) is 1.24. The highest BCUT2D eigenvalue weighted by atomic mass is 28.4. The van der Waals surface area contributed by atoms with Crippen molar-refractivity contribution in [2.24, 2.45) is 0 Å². The Morgan fingerprint density at radius 1 is 1.10 bits per heavy atom. The first kappa shape index (κ1) is 10.2. The first-order valence-corrected chi connectivity index (χ1v) is 10.3. The van der Waals surface area contributed by atoms with Gasteiger partial charge in [-0.3, -0.25) is 0 Å². The van der Waals surface area contributed by atoms with Crippen LogP contribution >= 0.6 is 0 Å². The van der Waals surface area contributed by atoms with Crippen molar-refractivity contribution in [2.75, 3.05) is 0 Å². The van der Waals surface area contributed by atoms with Gasteiger partial charge < -0.3 is 17.9 Å². The lowest BCUT2D eigenvalue weighted by Gasteiger charge is -2.43. The van der Waals surface area contributed by atoms with E-state index in [0.717, 1.165) is 0 Å². The molecule has 0 atom stereocenters. The minimum absolute atomic E-state index is 1.20. The lowest BCUT2D eigenvalue weighted by atomic mass is 11.2. The van der Waals surface area contributed by atoms with Gasteiger partial charge in [0.2, 0.25) is 0 Å². The van der Waals surface area contributed by atoms with Gasteiger partial charge in [-0.2, -0.15) is 0 Å². The van der Waals surface area contributed by atoms with Crippen molar-refractivity contribution < 1.29 is 0 Å². The van der Waals surface area contributed by atoms with E-state index in [1.54, 1.807) is 0 Å². The Morgan fingerprint density at radius 2 is 1.40 bits per heavy atom. The van der Waals surface area contributed by atoms with E-state index in [9.17, 15) is 0 Å². The smallest absolute Gasteiger partial charge is 0.0310 e. The molecule has 0 radical (unpaired) electrons. The Balaban J connectivity index is 4.40. The SMILES string of the molecule is [CH-]=C([Si]([CH2-])(C)C)[Si](C)(C)C. The molecule has 10 heavy (non-hydrogen) atoms. The van der Waals surface area contributed by atoms with E-state index < -0.39 is 16.1 Å². The average molecular weight is 170 g/mol. The normalized spacial score (nSPS) is 13.4. The molecule has 0 aliphatic rings. The molecule has 0 nitrogen and oxygen atoms in total. The van der Waals surface area contributed by atoms with Crippen molar-refractivity contribution in [1.82, 2.24) is 0 Å². The Kier molecular flexibility index (Phi) is 2.71. The van der Waals surface area contributed by atoms with Gasteiger partial charge in [0, 0.05) is 8.07 Å². The second kappa shape index (κ2) is 2.66. The maximum absolute atomic E-state index is 6.01. The van der Waals surface area contributed by atoms with Crippen molar-refractivity contribution in [1.29, 1.82) is 0 Å². The van der Waals surface area contributed by atoms with E-state index in [2.05, 4.69) is 39.3 Å². The molecule has 2 heteroatoms. The quantitative estimate of drug-likeness (QED) is 0.442. The van der Waals surface area contributed by atoms with Crippen LogP contribution in [0.1, 0.15) is 0 Å². The van der Waals surface area contributed by atoms with Crippen LogP contribution in [0, 0.1) is 13.1 Å². The maximum Gasteiger partial charge on any atom is 0.0310 e. The highest BCUT2D eigenvalue weighted by Gasteiger charge is 2.17. The molecule has 0 unspecified atom stereocenters. The molecule has 0 bridgehead atoms. The van der Waals surface area contributed by atoms with E-state index >= 15 is 0 Å². The lowest BCUT2D eigenvalue weighted by molar-refractivity contribution is 1.67. The molecule has 0 aromatic carbocycles. The summed E-state index contributed by atoms with van der Waals surface area (Å²) < 4.78 is 0. The Morgan fingerprint density at radius 3 is 1.40 bits per heavy atom. The third kappa shape index (κ3) is 2.84. The molecule has 0 spiro atoms. The highest BCUT2D eigenvalue weighted by molar-refractivity contribution is 7.05. The van der Waals surface area contributed by atoms with E-state index in [1.165, 1.54) is 4.82 Å². The average Bonchev–Trinajstić information content (AvgIpc) is 1.59. The molecular weight excluding hydrogens is 152 g/mol. The van der Waals surface area contributed by atoms with Crippen LogP contribution in [0.15, 0.2) is 4.82 Å². The molecule has 0 fully saturated rings. The summed E-state index contributed by atoms with van der Waals surface area (Å²) in [6.07, 6.45) is 0. The zero-order valence-electron chi connectivity index (χ0n) is 7.78. The molecular formula is C8H18Si2-2. The summed E-state index contributed by atoms with van der Waals surface area (Å²) in [6, 6.07) is 0. The standard InChI is InChI=1S/C8H18Si2/c1-8(9(2,3)4)10(5,6)7/h1H,2H2,3-7H3/q-2. The van der Waals surface area contributed by atoms with Gasteiger partial charge in [0.15, 0.2) is 0 Å². The van der Waals surface area contributed by atoms with Crippen LogP contribution < -0.4 is 0 Å². The van der Waals surface area contributed by atoms with Gasteiger partial charge in [-0.25, -0.2) is 0 Å². The first-order chi connectivity index (χ1) is 4.15. The Bertz CT molecular complexity index is 118. The van der Waals surface area contributed by atoms with Gasteiger partial charge in [0.25, 0.3) is 0 Å². The molecule has 0 aliphatic carbocycles. The number of hydrogen-bond acceptors (Lipinski definition) is 0. The van der Waals surface area contributed by atoms with Crippen molar-refractivity contribution in [3.8, 4) is 0 Å². The fourth-order valence-corrected chi connectivity index (χ4v) is 9.14. The molecule has 0 amide bonds. The van der Waals surface area contributed by atoms with Gasteiger partial charge in [-0.15, -0.1) is 8.07 Å². The van der Waals surface area contributed by atoms with Crippen LogP contribution in [-0.2, 0) is 0 Å². The van der Waals surface area contributed by atoms with Gasteiger partial charge in [-0.1, -0.05) is 32.7 Å². The first-order valence-electron chi connectivity index (χ1n) is 3.64. The lowest BCUT2D eigenvalue weighted by Crippen LogP contribution is -2.39. The Labute approximate surface area is 67.4 Å². The monoisotopic (exact) mass is 170 g/mol. The highest BCUT2D eigenvalue weighted by Crippen LogP contribution is 2.21. The van der Waals surface area contributed by atoms with Gasteiger partial charge in [0.05, 0.1) is 0 Å². The van der Waals surface area contributed by atoms with Crippen LogP contribution in [0.2, 0.25) is 32.7 Å². The zero-order valence-corrected chi connectivity index (χ0v) is 9.78. The molecule has 0 aromatic rings. The van der Waals surface area contributed by atoms with Crippen LogP contribution in [-0.4, -0.2) is 16.1 Å². The van der Waals surface area contributed by atoms with Crippen molar-refractivity contribution in [3.63, 3.8) is 0 Å². The van der Waals surface area contributed by atoms with Crippen molar-refractivity contribution >= 4 is 16.1 Å². The third-order valence-electron chi connectivity index (χ3n) is 1.54. The fourth-order valence-electron chi connectivity index (χ4n) is 1.02. The van der Waals surface area contributed by atoms with Crippen LogP contribution in [0.5, 0.6) is 0 Å². The van der Waals surface area contributed by atoms with Gasteiger partial charge >= 0.3 is 0 Å². The van der Waals surface area contributed by atoms with Crippen molar-refractivity contribution in [2.45, 2.75) is 32.7 Å². The topological polar surface area (TPSA) is 0 Å². The summed E-state index contributed by atoms with van der Waals surface area (Å²) in [5.41, 5.74) is 0. The summed E-state index contributed by atoms with van der Waals surface area (Å²) in [7, 11) is -2.59. The molecule has 0 saturated heterocycles. The van der Waals surface area contributed by atoms with Crippen molar-refractivity contribution in [3.05, 3.63) is 17.9 Å². The molecule has 60 valence electrons. The predicted molar refractivity (Wildman–Crippen MR) is 54.0 cm³/mol. The molecule has 0 heterocycles. The third-order valence-corrected chi connectivity index (χ3v) is 8.89. The largest absolute Gasteiger partial charge is 0.525 e.